The third kappa shape index (κ3) is 13.0. The second-order valence-electron chi connectivity index (χ2n) is 10.3. The van der Waals surface area contributed by atoms with Gasteiger partial charge in [0.25, 0.3) is 0 Å². The smallest absolute Gasteiger partial charge is 0.303 e. The number of carboxylic acids is 1. The monoisotopic (exact) mass is 496 g/mol. The van der Waals surface area contributed by atoms with Crippen LogP contribution in [0, 0.1) is 11.8 Å². The van der Waals surface area contributed by atoms with Crippen molar-refractivity contribution in [3.8, 4) is 0 Å². The Morgan fingerprint density at radius 3 is 2.32 bits per heavy atom. The van der Waals surface area contributed by atoms with E-state index in [0.29, 0.717) is 18.1 Å². The lowest BCUT2D eigenvalue weighted by molar-refractivity contribution is -0.137. The van der Waals surface area contributed by atoms with Gasteiger partial charge in [-0.2, -0.15) is 11.8 Å². The zero-order valence-electron chi connectivity index (χ0n) is 21.9. The highest BCUT2D eigenvalue weighted by Crippen LogP contribution is 2.47. The second-order valence-corrected chi connectivity index (χ2v) is 11.5. The fourth-order valence-electron chi connectivity index (χ4n) is 5.52. The number of hydrogen-bond acceptors (Lipinski definition) is 4. The maximum atomic E-state index is 10.6. The Hall–Kier alpha value is -0.520. The van der Waals surface area contributed by atoms with E-state index < -0.39 is 5.97 Å². The number of fused-ring (bicyclic) bond motifs is 2. The molecule has 0 radical (unpaired) electrons. The average Bonchev–Trinajstić information content (AvgIpc) is 3.43. The molecule has 2 heterocycles. The Morgan fingerprint density at radius 1 is 0.882 bits per heavy atom. The maximum absolute atomic E-state index is 10.6. The van der Waals surface area contributed by atoms with Crippen LogP contribution in [0.1, 0.15) is 116 Å². The summed E-state index contributed by atoms with van der Waals surface area (Å²) in [6.07, 6.45) is 25.4. The number of hydrogen-bond donors (Lipinski definition) is 1. The van der Waals surface area contributed by atoms with E-state index in [1.54, 1.807) is 0 Å². The zero-order chi connectivity index (χ0) is 24.3. The van der Waals surface area contributed by atoms with Gasteiger partial charge in [0, 0.05) is 19.6 Å². The van der Waals surface area contributed by atoms with Crippen LogP contribution in [0.2, 0.25) is 0 Å². The van der Waals surface area contributed by atoms with Gasteiger partial charge in [0.1, 0.15) is 0 Å². The summed E-state index contributed by atoms with van der Waals surface area (Å²) in [5.74, 6) is 3.28. The molecule has 0 aromatic rings. The van der Waals surface area contributed by atoms with E-state index >= 15 is 0 Å². The van der Waals surface area contributed by atoms with Crippen molar-refractivity contribution in [2.75, 3.05) is 24.7 Å². The summed E-state index contributed by atoms with van der Waals surface area (Å²) in [7, 11) is 0. The van der Waals surface area contributed by atoms with Gasteiger partial charge < -0.3 is 14.6 Å². The number of allylic oxidation sites excluding steroid dienone is 2. The molecule has 2 aliphatic heterocycles. The molecular formula is C29H52O4S. The molecular weight excluding hydrogens is 444 g/mol. The predicted octanol–water partition coefficient (Wildman–Crippen LogP) is 8.04. The molecule has 0 unspecified atom stereocenters. The van der Waals surface area contributed by atoms with Crippen LogP contribution in [-0.4, -0.2) is 48.0 Å². The van der Waals surface area contributed by atoms with Crippen LogP contribution in [0.25, 0.3) is 0 Å². The maximum Gasteiger partial charge on any atom is 0.303 e. The Kier molecular flexibility index (Phi) is 17.2. The van der Waals surface area contributed by atoms with Crippen molar-refractivity contribution in [3.63, 3.8) is 0 Å². The van der Waals surface area contributed by atoms with Gasteiger partial charge in [-0.25, -0.2) is 0 Å². The molecule has 2 aliphatic rings. The summed E-state index contributed by atoms with van der Waals surface area (Å²) in [5, 5.41) is 8.74. The van der Waals surface area contributed by atoms with Crippen molar-refractivity contribution in [1.29, 1.82) is 0 Å². The summed E-state index contributed by atoms with van der Waals surface area (Å²) in [4.78, 5) is 10.6. The quantitative estimate of drug-likeness (QED) is 0.115. The summed E-state index contributed by atoms with van der Waals surface area (Å²) < 4.78 is 12.0. The number of carboxylic acid groups (broad SMARTS) is 1. The van der Waals surface area contributed by atoms with Gasteiger partial charge in [-0.3, -0.25) is 4.79 Å². The minimum absolute atomic E-state index is 0.273. The molecule has 2 saturated heterocycles. The lowest BCUT2D eigenvalue weighted by Crippen LogP contribution is -2.26. The fraction of sp³-hybridized carbons (Fsp3) is 0.897. The summed E-state index contributed by atoms with van der Waals surface area (Å²) in [5.41, 5.74) is 0. The number of unbranched alkanes of at least 4 members (excludes halogenated alkanes) is 8. The highest BCUT2D eigenvalue weighted by atomic mass is 32.2. The number of thioether (sulfide) groups is 1. The fourth-order valence-corrected chi connectivity index (χ4v) is 6.54. The number of aliphatic carboxylic acids is 1. The van der Waals surface area contributed by atoms with E-state index in [0.717, 1.165) is 38.4 Å². The molecule has 4 atom stereocenters. The molecule has 0 aromatic carbocycles. The first-order chi connectivity index (χ1) is 16.7. The first-order valence-electron chi connectivity index (χ1n) is 14.4. The van der Waals surface area contributed by atoms with E-state index in [2.05, 4.69) is 30.8 Å². The topological polar surface area (TPSA) is 55.8 Å². The largest absolute Gasteiger partial charge is 0.481 e. The normalized spacial score (nSPS) is 23.9. The van der Waals surface area contributed by atoms with Crippen LogP contribution >= 0.6 is 11.8 Å². The second kappa shape index (κ2) is 19.6. The Labute approximate surface area is 214 Å². The third-order valence-corrected chi connectivity index (χ3v) is 8.63. The average molecular weight is 497 g/mol. The minimum atomic E-state index is -0.694. The van der Waals surface area contributed by atoms with Gasteiger partial charge in [-0.1, -0.05) is 57.6 Å². The first kappa shape index (κ1) is 29.7. The highest BCUT2D eigenvalue weighted by molar-refractivity contribution is 7.99. The van der Waals surface area contributed by atoms with Crippen molar-refractivity contribution in [2.45, 2.75) is 128 Å². The van der Waals surface area contributed by atoms with Gasteiger partial charge in [0.2, 0.25) is 0 Å². The number of carbonyl (C=O) groups is 1. The van der Waals surface area contributed by atoms with E-state index in [9.17, 15) is 4.79 Å². The highest BCUT2D eigenvalue weighted by Gasteiger charge is 2.47. The van der Waals surface area contributed by atoms with Crippen molar-refractivity contribution in [3.05, 3.63) is 12.2 Å². The lowest BCUT2D eigenvalue weighted by atomic mass is 9.75. The molecule has 198 valence electrons. The standard InChI is InChI=1S/C29H52O4S/c1-2-3-4-5-8-12-21-32-22-13-15-24-34-23-14-11-17-26-25(27-19-20-28(26)33-27)16-9-6-7-10-18-29(30)31/h6,9,25-28H,2-5,7-8,10-24H2,1H3,(H,30,31)/b9-6-/t25-,26+,27-,28+/m1/s1. The minimum Gasteiger partial charge on any atom is -0.481 e. The number of ether oxygens (including phenoxy) is 2. The SMILES string of the molecule is CCCCCCCCOCCCCSCCCC[C@H]1[C@@H](C/C=C\CCCC(=O)O)[C@H]2CC[C@@H]1O2. The van der Waals surface area contributed by atoms with E-state index in [1.165, 1.54) is 95.0 Å². The predicted molar refractivity (Wildman–Crippen MR) is 145 cm³/mol. The Balaban J connectivity index is 1.41. The molecule has 1 N–H and O–H groups in total. The molecule has 0 spiro atoms. The van der Waals surface area contributed by atoms with E-state index in [1.807, 2.05) is 0 Å². The van der Waals surface area contributed by atoms with Gasteiger partial charge in [-0.15, -0.1) is 0 Å². The van der Waals surface area contributed by atoms with Crippen LogP contribution in [0.15, 0.2) is 12.2 Å². The third-order valence-electron chi connectivity index (χ3n) is 7.47. The van der Waals surface area contributed by atoms with Gasteiger partial charge >= 0.3 is 5.97 Å². The molecule has 34 heavy (non-hydrogen) atoms. The van der Waals surface area contributed by atoms with Crippen LogP contribution in [0.5, 0.6) is 0 Å². The van der Waals surface area contributed by atoms with Crippen molar-refractivity contribution in [1.82, 2.24) is 0 Å². The summed E-state index contributed by atoms with van der Waals surface area (Å²) in [6, 6.07) is 0. The molecule has 2 bridgehead atoms. The summed E-state index contributed by atoms with van der Waals surface area (Å²) >= 11 is 2.12. The Morgan fingerprint density at radius 2 is 1.56 bits per heavy atom. The summed E-state index contributed by atoms with van der Waals surface area (Å²) in [6.45, 7) is 4.16. The van der Waals surface area contributed by atoms with Gasteiger partial charge in [0.05, 0.1) is 12.2 Å². The molecule has 0 aliphatic carbocycles. The molecule has 2 rings (SSSR count). The zero-order valence-corrected chi connectivity index (χ0v) is 22.7. The van der Waals surface area contributed by atoms with Crippen molar-refractivity contribution in [2.24, 2.45) is 11.8 Å². The number of rotatable bonds is 23. The molecule has 4 nitrogen and oxygen atoms in total. The van der Waals surface area contributed by atoms with Gasteiger partial charge in [-0.05, 0) is 87.5 Å². The molecule has 0 aromatic heterocycles. The first-order valence-corrected chi connectivity index (χ1v) is 15.6. The molecule has 0 amide bonds. The van der Waals surface area contributed by atoms with E-state index in [-0.39, 0.29) is 6.42 Å². The molecule has 0 saturated carbocycles. The molecule has 2 fully saturated rings. The Bertz CT molecular complexity index is 538. The lowest BCUT2D eigenvalue weighted by Gasteiger charge is -2.27. The van der Waals surface area contributed by atoms with E-state index in [4.69, 9.17) is 14.6 Å². The van der Waals surface area contributed by atoms with Crippen LogP contribution in [0.3, 0.4) is 0 Å². The van der Waals surface area contributed by atoms with Crippen molar-refractivity contribution < 1.29 is 19.4 Å². The van der Waals surface area contributed by atoms with Gasteiger partial charge in [0.15, 0.2) is 0 Å². The van der Waals surface area contributed by atoms with Crippen molar-refractivity contribution >= 4 is 17.7 Å². The molecule has 5 heteroatoms. The van der Waals surface area contributed by atoms with Crippen LogP contribution in [0.4, 0.5) is 0 Å². The van der Waals surface area contributed by atoms with Crippen LogP contribution < -0.4 is 0 Å². The van der Waals surface area contributed by atoms with Crippen LogP contribution in [-0.2, 0) is 14.3 Å².